The quantitative estimate of drug-likeness (QED) is 0.648. The van der Waals surface area contributed by atoms with E-state index >= 15 is 0 Å². The molecule has 1 aliphatic rings. The monoisotopic (exact) mass is 395 g/mol. The van der Waals surface area contributed by atoms with E-state index in [1.807, 2.05) is 19.1 Å². The molecule has 1 aliphatic carbocycles. The fraction of sp³-hybridized carbons (Fsp3) is 0.500. The smallest absolute Gasteiger partial charge is 0.423 e. The Morgan fingerprint density at radius 1 is 1.11 bits per heavy atom. The lowest BCUT2D eigenvalue weighted by molar-refractivity contribution is -0.139. The summed E-state index contributed by atoms with van der Waals surface area (Å²) in [6, 6.07) is 7.22. The van der Waals surface area contributed by atoms with E-state index in [1.165, 1.54) is 19.3 Å². The van der Waals surface area contributed by atoms with Crippen LogP contribution in [-0.2, 0) is 6.18 Å². The number of nitrogens with zero attached hydrogens (tertiary/aromatic N) is 2. The van der Waals surface area contributed by atoms with Gasteiger partial charge in [-0.1, -0.05) is 13.3 Å². The first-order valence-corrected chi connectivity index (χ1v) is 9.56. The summed E-state index contributed by atoms with van der Waals surface area (Å²) in [6.45, 7) is 1.96. The van der Waals surface area contributed by atoms with Crippen molar-refractivity contribution in [2.45, 2.75) is 57.7 Å². The van der Waals surface area contributed by atoms with Gasteiger partial charge in [-0.3, -0.25) is 0 Å². The van der Waals surface area contributed by atoms with Gasteiger partial charge in [-0.05, 0) is 56.4 Å². The molecule has 0 spiro atoms. The van der Waals surface area contributed by atoms with Gasteiger partial charge < -0.3 is 14.8 Å². The molecule has 1 aromatic carbocycles. The van der Waals surface area contributed by atoms with E-state index in [2.05, 4.69) is 15.3 Å². The summed E-state index contributed by atoms with van der Waals surface area (Å²) >= 11 is 0. The van der Waals surface area contributed by atoms with Gasteiger partial charge >= 0.3 is 6.18 Å². The summed E-state index contributed by atoms with van der Waals surface area (Å²) < 4.78 is 50.4. The van der Waals surface area contributed by atoms with Crippen molar-refractivity contribution in [1.29, 1.82) is 0 Å². The molecule has 1 aromatic heterocycles. The highest BCUT2D eigenvalue weighted by Crippen LogP contribution is 2.35. The predicted octanol–water partition coefficient (Wildman–Crippen LogP) is 5.74. The highest BCUT2D eigenvalue weighted by atomic mass is 19.4. The second-order valence-corrected chi connectivity index (χ2v) is 6.79. The van der Waals surface area contributed by atoms with Crippen LogP contribution in [0.5, 0.6) is 11.6 Å². The zero-order valence-corrected chi connectivity index (χ0v) is 15.8. The van der Waals surface area contributed by atoms with E-state index in [9.17, 15) is 13.2 Å². The first-order valence-electron chi connectivity index (χ1n) is 9.56. The summed E-state index contributed by atoms with van der Waals surface area (Å²) in [7, 11) is 0. The number of nitrogens with one attached hydrogen (secondary N) is 1. The number of alkyl halides is 3. The minimum Gasteiger partial charge on any atom is -0.490 e. The highest BCUT2D eigenvalue weighted by Gasteiger charge is 2.36. The average Bonchev–Trinajstić information content (AvgIpc) is 2.68. The molecule has 1 heterocycles. The van der Waals surface area contributed by atoms with Crippen LogP contribution in [0.4, 0.5) is 24.8 Å². The Balaban J connectivity index is 1.68. The molecule has 1 saturated carbocycles. The number of halogens is 3. The summed E-state index contributed by atoms with van der Waals surface area (Å²) in [5.41, 5.74) is -0.333. The topological polar surface area (TPSA) is 56.3 Å². The number of hydrogen-bond donors (Lipinski definition) is 1. The predicted molar refractivity (Wildman–Crippen MR) is 100 cm³/mol. The summed E-state index contributed by atoms with van der Waals surface area (Å²) in [5.74, 6) is 0.349. The maximum Gasteiger partial charge on any atom is 0.423 e. The lowest BCUT2D eigenvalue weighted by Gasteiger charge is -2.23. The molecule has 1 N–H and O–H groups in total. The van der Waals surface area contributed by atoms with Crippen LogP contribution >= 0.6 is 0 Å². The van der Waals surface area contributed by atoms with E-state index < -0.39 is 17.6 Å². The minimum absolute atomic E-state index is 0.0417. The second kappa shape index (κ2) is 9.12. The van der Waals surface area contributed by atoms with Crippen LogP contribution in [0.25, 0.3) is 0 Å². The number of ether oxygens (including phenoxy) is 2. The van der Waals surface area contributed by atoms with Crippen molar-refractivity contribution >= 4 is 11.6 Å². The summed E-state index contributed by atoms with van der Waals surface area (Å²) in [6.07, 6.45) is 2.78. The van der Waals surface area contributed by atoms with Crippen LogP contribution in [0.15, 0.2) is 30.5 Å². The van der Waals surface area contributed by atoms with E-state index in [-0.39, 0.29) is 18.7 Å². The molecule has 0 saturated heterocycles. The lowest BCUT2D eigenvalue weighted by Crippen LogP contribution is -2.19. The molecule has 0 atom stereocenters. The zero-order chi connectivity index (χ0) is 20.0. The van der Waals surface area contributed by atoms with E-state index in [0.717, 1.165) is 24.8 Å². The Bertz CT molecular complexity index is 760. The van der Waals surface area contributed by atoms with Gasteiger partial charge in [0.1, 0.15) is 11.3 Å². The molecule has 2 aromatic rings. The van der Waals surface area contributed by atoms with Crippen LogP contribution in [0.3, 0.4) is 0 Å². The van der Waals surface area contributed by atoms with Gasteiger partial charge in [0.05, 0.1) is 12.7 Å². The molecular weight excluding hydrogens is 371 g/mol. The Labute approximate surface area is 162 Å². The van der Waals surface area contributed by atoms with Crippen molar-refractivity contribution in [3.05, 3.63) is 36.0 Å². The fourth-order valence-corrected chi connectivity index (χ4v) is 3.05. The van der Waals surface area contributed by atoms with Crippen molar-refractivity contribution in [3.63, 3.8) is 0 Å². The zero-order valence-electron chi connectivity index (χ0n) is 15.8. The van der Waals surface area contributed by atoms with Crippen molar-refractivity contribution in [2.24, 2.45) is 0 Å². The van der Waals surface area contributed by atoms with Gasteiger partial charge in [-0.2, -0.15) is 18.2 Å². The van der Waals surface area contributed by atoms with Crippen LogP contribution in [-0.4, -0.2) is 22.7 Å². The largest absolute Gasteiger partial charge is 0.490 e. The van der Waals surface area contributed by atoms with Crippen LogP contribution in [0.2, 0.25) is 0 Å². The molecule has 152 valence electrons. The number of anilines is 2. The van der Waals surface area contributed by atoms with Gasteiger partial charge in [-0.25, -0.2) is 4.98 Å². The van der Waals surface area contributed by atoms with Gasteiger partial charge in [0, 0.05) is 11.9 Å². The second-order valence-electron chi connectivity index (χ2n) is 6.79. The molecule has 28 heavy (non-hydrogen) atoms. The molecule has 0 bridgehead atoms. The standard InChI is InChI=1S/C20H24F3N3O2/c1-2-12-27-18-17(20(21,22)23)13-24-19(26-18)25-14-8-10-16(11-9-14)28-15-6-4-3-5-7-15/h8-11,13,15H,2-7,12H2,1H3,(H,24,25,26). The Kier molecular flexibility index (Phi) is 6.59. The number of hydrogen-bond acceptors (Lipinski definition) is 5. The summed E-state index contributed by atoms with van der Waals surface area (Å²) in [4.78, 5) is 7.66. The lowest BCUT2D eigenvalue weighted by atomic mass is 9.98. The molecule has 0 unspecified atom stereocenters. The van der Waals surface area contributed by atoms with E-state index in [4.69, 9.17) is 9.47 Å². The fourth-order valence-electron chi connectivity index (χ4n) is 3.05. The number of benzene rings is 1. The van der Waals surface area contributed by atoms with Gasteiger partial charge in [0.15, 0.2) is 0 Å². The van der Waals surface area contributed by atoms with E-state index in [1.54, 1.807) is 12.1 Å². The third kappa shape index (κ3) is 5.50. The molecular formula is C20H24F3N3O2. The maximum atomic E-state index is 13.1. The van der Waals surface area contributed by atoms with Gasteiger partial charge in [-0.15, -0.1) is 0 Å². The van der Waals surface area contributed by atoms with Crippen molar-refractivity contribution in [3.8, 4) is 11.6 Å². The van der Waals surface area contributed by atoms with Crippen molar-refractivity contribution in [1.82, 2.24) is 9.97 Å². The van der Waals surface area contributed by atoms with Crippen LogP contribution < -0.4 is 14.8 Å². The Hall–Kier alpha value is -2.51. The molecule has 3 rings (SSSR count). The Morgan fingerprint density at radius 3 is 2.46 bits per heavy atom. The molecule has 1 fully saturated rings. The van der Waals surface area contributed by atoms with Crippen molar-refractivity contribution < 1.29 is 22.6 Å². The minimum atomic E-state index is -4.57. The van der Waals surface area contributed by atoms with Crippen LogP contribution in [0, 0.1) is 0 Å². The van der Waals surface area contributed by atoms with Crippen LogP contribution in [0.1, 0.15) is 51.0 Å². The number of rotatable bonds is 7. The summed E-state index contributed by atoms with van der Waals surface area (Å²) in [5, 5.41) is 2.91. The first-order chi connectivity index (χ1) is 13.5. The third-order valence-corrected chi connectivity index (χ3v) is 4.47. The SMILES string of the molecule is CCCOc1nc(Nc2ccc(OC3CCCCC3)cc2)ncc1C(F)(F)F. The molecule has 8 heteroatoms. The molecule has 5 nitrogen and oxygen atoms in total. The third-order valence-electron chi connectivity index (χ3n) is 4.47. The number of aromatic nitrogens is 2. The van der Waals surface area contributed by atoms with E-state index in [0.29, 0.717) is 12.1 Å². The first kappa shape index (κ1) is 20.2. The molecule has 0 radical (unpaired) electrons. The average molecular weight is 395 g/mol. The molecule has 0 aliphatic heterocycles. The normalized spacial score (nSPS) is 15.3. The van der Waals surface area contributed by atoms with Gasteiger partial charge in [0.2, 0.25) is 11.8 Å². The molecule has 0 amide bonds. The van der Waals surface area contributed by atoms with Crippen molar-refractivity contribution in [2.75, 3.05) is 11.9 Å². The highest BCUT2D eigenvalue weighted by molar-refractivity contribution is 5.55. The Morgan fingerprint density at radius 2 is 1.82 bits per heavy atom. The maximum absolute atomic E-state index is 13.1. The van der Waals surface area contributed by atoms with Gasteiger partial charge in [0.25, 0.3) is 0 Å².